The van der Waals surface area contributed by atoms with E-state index >= 15 is 0 Å². The summed E-state index contributed by atoms with van der Waals surface area (Å²) in [5.74, 6) is 0.963. The van der Waals surface area contributed by atoms with Gasteiger partial charge in [-0.2, -0.15) is 0 Å². The molecule has 8 aliphatic rings. The third-order valence-electron chi connectivity index (χ3n) is 15.8. The number of ether oxygens (including phenoxy) is 6. The maximum atomic E-state index is 12.7. The molecule has 4 aliphatic heterocycles. The molecule has 3 saturated carbocycles. The van der Waals surface area contributed by atoms with Gasteiger partial charge in [0.05, 0.1) is 31.5 Å². The van der Waals surface area contributed by atoms with E-state index in [4.69, 9.17) is 28.4 Å². The summed E-state index contributed by atoms with van der Waals surface area (Å²) in [5.41, 5.74) is 0.128. The Labute approximate surface area is 306 Å². The monoisotopic (exact) mass is 738 g/mol. The van der Waals surface area contributed by atoms with Crippen molar-refractivity contribution in [2.75, 3.05) is 13.2 Å². The van der Waals surface area contributed by atoms with Gasteiger partial charge in [0.15, 0.2) is 18.4 Å². The third-order valence-corrected chi connectivity index (χ3v) is 15.8. The molecule has 7 N–H and O–H groups in total. The Morgan fingerprint density at radius 1 is 0.827 bits per heavy atom. The highest BCUT2D eigenvalue weighted by Gasteiger charge is 2.76. The molecule has 3 unspecified atom stereocenters. The molecular weight excluding hydrogens is 676 g/mol. The summed E-state index contributed by atoms with van der Waals surface area (Å²) in [7, 11) is 0. The second kappa shape index (κ2) is 13.4. The lowest BCUT2D eigenvalue weighted by molar-refractivity contribution is -0.361. The summed E-state index contributed by atoms with van der Waals surface area (Å²) in [6.07, 6.45) is -3.80. The zero-order valence-corrected chi connectivity index (χ0v) is 31.3. The smallest absolute Gasteiger partial charge is 0.187 e. The van der Waals surface area contributed by atoms with Crippen LogP contribution in [0.1, 0.15) is 92.4 Å². The van der Waals surface area contributed by atoms with Gasteiger partial charge in [0.2, 0.25) is 0 Å². The Morgan fingerprint density at radius 3 is 2.29 bits per heavy atom. The van der Waals surface area contributed by atoms with E-state index in [1.807, 2.05) is 0 Å². The summed E-state index contributed by atoms with van der Waals surface area (Å²) in [6.45, 7) is 10.7. The maximum Gasteiger partial charge on any atom is 0.187 e. The Balaban J connectivity index is 0.952. The van der Waals surface area contributed by atoms with Gasteiger partial charge < -0.3 is 64.2 Å². The fourth-order valence-electron chi connectivity index (χ4n) is 12.5. The van der Waals surface area contributed by atoms with E-state index in [1.54, 1.807) is 0 Å². The van der Waals surface area contributed by atoms with Crippen molar-refractivity contribution >= 4 is 0 Å². The maximum absolute atomic E-state index is 12.7. The quantitative estimate of drug-likeness (QED) is 0.201. The van der Waals surface area contributed by atoms with Crippen molar-refractivity contribution in [2.24, 2.45) is 40.4 Å². The van der Waals surface area contributed by atoms with Crippen LogP contribution in [0.4, 0.5) is 0 Å². The molecular formula is C39H62O13. The van der Waals surface area contributed by atoms with E-state index in [0.29, 0.717) is 36.7 Å². The Kier molecular flexibility index (Phi) is 9.83. The Hall–Kier alpha value is -0.780. The topological polar surface area (TPSA) is 197 Å². The normalized spacial score (nSPS) is 58.9. The molecule has 52 heavy (non-hydrogen) atoms. The van der Waals surface area contributed by atoms with Gasteiger partial charge in [-0.05, 0) is 87.4 Å². The van der Waals surface area contributed by atoms with Crippen LogP contribution in [0.3, 0.4) is 0 Å². The minimum atomic E-state index is -1.63. The van der Waals surface area contributed by atoms with Crippen LogP contribution < -0.4 is 0 Å². The molecule has 0 aromatic carbocycles. The number of rotatable bonds is 5. The molecule has 4 heterocycles. The number of hydrogen-bond acceptors (Lipinski definition) is 13. The van der Waals surface area contributed by atoms with Crippen LogP contribution in [0, 0.1) is 40.4 Å². The van der Waals surface area contributed by atoms with Crippen LogP contribution in [-0.4, -0.2) is 134 Å². The average molecular weight is 739 g/mol. The molecule has 4 saturated heterocycles. The van der Waals surface area contributed by atoms with Crippen LogP contribution in [0.5, 0.6) is 0 Å². The van der Waals surface area contributed by atoms with Crippen molar-refractivity contribution < 1.29 is 64.2 Å². The van der Waals surface area contributed by atoms with Crippen LogP contribution in [0.15, 0.2) is 11.6 Å². The molecule has 7 fully saturated rings. The van der Waals surface area contributed by atoms with Gasteiger partial charge in [0.1, 0.15) is 48.3 Å². The number of fused-ring (bicyclic) bond motifs is 7. The van der Waals surface area contributed by atoms with E-state index in [2.05, 4.69) is 33.8 Å². The molecule has 0 radical (unpaired) electrons. The molecule has 0 bridgehead atoms. The second-order valence-electron chi connectivity index (χ2n) is 18.4. The highest BCUT2D eigenvalue weighted by molar-refractivity contribution is 5.29. The molecule has 8 rings (SSSR count). The molecule has 13 nitrogen and oxygen atoms in total. The minimum Gasteiger partial charge on any atom is -0.394 e. The second-order valence-corrected chi connectivity index (χ2v) is 18.4. The number of allylic oxidation sites excluding steroid dienone is 1. The lowest BCUT2D eigenvalue weighted by Gasteiger charge is -2.60. The van der Waals surface area contributed by atoms with Gasteiger partial charge in [-0.25, -0.2) is 0 Å². The van der Waals surface area contributed by atoms with Gasteiger partial charge in [-0.1, -0.05) is 39.3 Å². The van der Waals surface area contributed by atoms with Crippen molar-refractivity contribution in [1.82, 2.24) is 0 Å². The molecule has 21 atom stereocenters. The highest BCUT2D eigenvalue weighted by atomic mass is 16.7. The number of aliphatic hydroxyl groups excluding tert-OH is 6. The number of aliphatic hydroxyl groups is 7. The van der Waals surface area contributed by atoms with Gasteiger partial charge >= 0.3 is 0 Å². The standard InChI is InChI=1S/C39H62O13/c1-18-8-13-38(47-17-18)20(3)39(46)27(52-38)15-25-23-7-6-21-14-22(9-11-36(21,4)24(23)10-12-37(25,39)5)49-35-32(45)33(29(42)26(16-40)50-35)51-34-31(44)30(43)28(41)19(2)48-34/h6,18-20,22-35,40-46H,7-17H2,1-5H3/t18-,19+,20-,22+,23-,24+,25+,26-,27+,28+,29-,30?,31?,32?,33+,34+,35-,36+,37+,38-,39-/m1/s1. The fourth-order valence-corrected chi connectivity index (χ4v) is 12.5. The summed E-state index contributed by atoms with van der Waals surface area (Å²) in [6, 6.07) is 0. The summed E-state index contributed by atoms with van der Waals surface area (Å²) < 4.78 is 36.9. The van der Waals surface area contributed by atoms with Gasteiger partial charge in [-0.3, -0.25) is 0 Å². The highest BCUT2D eigenvalue weighted by Crippen LogP contribution is 2.72. The van der Waals surface area contributed by atoms with Crippen molar-refractivity contribution in [1.29, 1.82) is 0 Å². The molecule has 0 amide bonds. The van der Waals surface area contributed by atoms with Gasteiger partial charge in [-0.15, -0.1) is 0 Å². The SMILES string of the molecule is C[C@@H]1CC[C@@]2(OC1)O[C@H]1C[C@H]3[C@@H]4CC=C5C[C@@H](O[C@@H]6O[C@H](CO)[C@@H](O)[C@H](O[C@@H]7O[C@@H](C)[C@H](O)C(O)C7O)C6O)CC[C@]5(C)[C@H]4CC[C@]3(C)[C@@]1(O)[C@@H]2C. The first-order valence-electron chi connectivity index (χ1n) is 19.9. The average Bonchev–Trinajstić information content (AvgIpc) is 3.48. The summed E-state index contributed by atoms with van der Waals surface area (Å²) in [4.78, 5) is 0. The van der Waals surface area contributed by atoms with E-state index in [0.717, 1.165) is 51.4 Å². The molecule has 13 heteroatoms. The molecule has 0 aromatic heterocycles. The zero-order chi connectivity index (χ0) is 37.1. The van der Waals surface area contributed by atoms with Crippen LogP contribution >= 0.6 is 0 Å². The van der Waals surface area contributed by atoms with Crippen molar-refractivity contribution in [2.45, 2.75) is 177 Å². The molecule has 296 valence electrons. The Morgan fingerprint density at radius 2 is 1.58 bits per heavy atom. The van der Waals surface area contributed by atoms with E-state index in [1.165, 1.54) is 12.5 Å². The first-order valence-corrected chi connectivity index (χ1v) is 19.9. The predicted molar refractivity (Wildman–Crippen MR) is 183 cm³/mol. The van der Waals surface area contributed by atoms with Crippen LogP contribution in [0.25, 0.3) is 0 Å². The summed E-state index contributed by atoms with van der Waals surface area (Å²) >= 11 is 0. The molecule has 4 aliphatic carbocycles. The van der Waals surface area contributed by atoms with Crippen LogP contribution in [-0.2, 0) is 28.4 Å². The van der Waals surface area contributed by atoms with Crippen LogP contribution in [0.2, 0.25) is 0 Å². The first kappa shape index (κ1) is 38.1. The van der Waals surface area contributed by atoms with E-state index in [-0.39, 0.29) is 29.0 Å². The lowest BCUT2D eigenvalue weighted by atomic mass is 9.46. The van der Waals surface area contributed by atoms with E-state index in [9.17, 15) is 35.7 Å². The number of hydrogen-bond donors (Lipinski definition) is 7. The first-order chi connectivity index (χ1) is 24.6. The fraction of sp³-hybridized carbons (Fsp3) is 0.949. The predicted octanol–water partition coefficient (Wildman–Crippen LogP) is 1.50. The van der Waals surface area contributed by atoms with E-state index < -0.39 is 79.4 Å². The zero-order valence-electron chi connectivity index (χ0n) is 31.3. The minimum absolute atomic E-state index is 0.0290. The summed E-state index contributed by atoms with van der Waals surface area (Å²) in [5, 5.41) is 75.9. The largest absolute Gasteiger partial charge is 0.394 e. The molecule has 0 aromatic rings. The Bertz CT molecular complexity index is 1350. The van der Waals surface area contributed by atoms with Gasteiger partial charge in [0, 0.05) is 17.8 Å². The third kappa shape index (κ3) is 5.50. The van der Waals surface area contributed by atoms with Crippen molar-refractivity contribution in [3.63, 3.8) is 0 Å². The van der Waals surface area contributed by atoms with Gasteiger partial charge in [0.25, 0.3) is 0 Å². The lowest BCUT2D eigenvalue weighted by Crippen LogP contribution is -2.64. The molecule has 1 spiro atoms. The van der Waals surface area contributed by atoms with Crippen molar-refractivity contribution in [3.05, 3.63) is 11.6 Å². The van der Waals surface area contributed by atoms with Crippen molar-refractivity contribution in [3.8, 4) is 0 Å².